The number of anilines is 1. The van der Waals surface area contributed by atoms with Crippen molar-refractivity contribution in [1.29, 1.82) is 0 Å². The largest absolute Gasteiger partial charge is 0.508 e. The molecule has 0 aliphatic carbocycles. The molecule has 0 fully saturated rings. The molecule has 1 aromatic heterocycles. The van der Waals surface area contributed by atoms with Gasteiger partial charge in [0.2, 0.25) is 0 Å². The maximum Gasteiger partial charge on any atom is 0.277 e. The summed E-state index contributed by atoms with van der Waals surface area (Å²) >= 11 is 0. The van der Waals surface area contributed by atoms with Crippen LogP contribution in [0.5, 0.6) is 5.75 Å². The molecule has 110 valence electrons. The molecule has 0 aliphatic heterocycles. The van der Waals surface area contributed by atoms with E-state index in [-0.39, 0.29) is 17.4 Å². The molecule has 2 aromatic carbocycles. The SMILES string of the molecule is Cc1ccccc1NC(=O)c1cc(-c2cccc(O)c2)on1. The minimum Gasteiger partial charge on any atom is -0.508 e. The average molecular weight is 294 g/mol. The molecule has 22 heavy (non-hydrogen) atoms. The number of aryl methyl sites for hydroxylation is 1. The van der Waals surface area contributed by atoms with Crippen LogP contribution in [0.15, 0.2) is 59.1 Å². The Balaban J connectivity index is 1.82. The first-order valence-corrected chi connectivity index (χ1v) is 6.76. The second kappa shape index (κ2) is 5.73. The number of carbonyl (C=O) groups is 1. The van der Waals surface area contributed by atoms with Crippen LogP contribution >= 0.6 is 0 Å². The number of carbonyl (C=O) groups excluding carboxylic acids is 1. The Hall–Kier alpha value is -3.08. The number of rotatable bonds is 3. The zero-order chi connectivity index (χ0) is 15.5. The highest BCUT2D eigenvalue weighted by Gasteiger charge is 2.14. The standard InChI is InChI=1S/C17H14N2O3/c1-11-5-2-3-8-14(11)18-17(21)15-10-16(22-19-15)12-6-4-7-13(20)9-12/h2-10,20H,1H3,(H,18,21). The number of para-hydroxylation sites is 1. The van der Waals surface area contributed by atoms with Gasteiger partial charge in [0.1, 0.15) is 5.75 Å². The Kier molecular flexibility index (Phi) is 3.62. The molecule has 1 amide bonds. The fourth-order valence-electron chi connectivity index (χ4n) is 2.08. The second-order valence-corrected chi connectivity index (χ2v) is 4.90. The van der Waals surface area contributed by atoms with E-state index in [0.29, 0.717) is 11.3 Å². The molecule has 5 nitrogen and oxygen atoms in total. The van der Waals surface area contributed by atoms with Crippen molar-refractivity contribution in [3.05, 3.63) is 65.9 Å². The number of hydrogen-bond acceptors (Lipinski definition) is 4. The number of benzene rings is 2. The van der Waals surface area contributed by atoms with E-state index in [1.54, 1.807) is 30.3 Å². The van der Waals surface area contributed by atoms with Gasteiger partial charge in [0.15, 0.2) is 11.5 Å². The number of phenolic OH excluding ortho intramolecular Hbond substituents is 1. The molecule has 0 aliphatic rings. The van der Waals surface area contributed by atoms with Crippen molar-refractivity contribution in [2.75, 3.05) is 5.32 Å². The van der Waals surface area contributed by atoms with E-state index in [4.69, 9.17) is 4.52 Å². The molecule has 1 heterocycles. The van der Waals surface area contributed by atoms with Gasteiger partial charge in [-0.2, -0.15) is 0 Å². The summed E-state index contributed by atoms with van der Waals surface area (Å²) in [7, 11) is 0. The van der Waals surface area contributed by atoms with Crippen molar-refractivity contribution in [1.82, 2.24) is 5.16 Å². The lowest BCUT2D eigenvalue weighted by Gasteiger charge is -2.05. The van der Waals surface area contributed by atoms with Crippen LogP contribution in [0, 0.1) is 6.92 Å². The molecule has 0 spiro atoms. The molecule has 0 saturated heterocycles. The summed E-state index contributed by atoms with van der Waals surface area (Å²) in [5.74, 6) is 0.204. The zero-order valence-electron chi connectivity index (χ0n) is 11.9. The van der Waals surface area contributed by atoms with Gasteiger partial charge in [0.05, 0.1) is 0 Å². The van der Waals surface area contributed by atoms with Gasteiger partial charge in [0.25, 0.3) is 5.91 Å². The van der Waals surface area contributed by atoms with Gasteiger partial charge in [-0.3, -0.25) is 4.79 Å². The Morgan fingerprint density at radius 3 is 2.73 bits per heavy atom. The first kappa shape index (κ1) is 13.9. The molecule has 0 atom stereocenters. The molecule has 2 N–H and O–H groups in total. The number of amides is 1. The third-order valence-corrected chi connectivity index (χ3v) is 3.27. The number of phenols is 1. The molecule has 0 radical (unpaired) electrons. The maximum atomic E-state index is 12.2. The van der Waals surface area contributed by atoms with Gasteiger partial charge in [-0.25, -0.2) is 0 Å². The van der Waals surface area contributed by atoms with E-state index < -0.39 is 0 Å². The number of aromatic nitrogens is 1. The van der Waals surface area contributed by atoms with Gasteiger partial charge in [-0.15, -0.1) is 0 Å². The summed E-state index contributed by atoms with van der Waals surface area (Å²) in [6.45, 7) is 1.91. The third kappa shape index (κ3) is 2.83. The van der Waals surface area contributed by atoms with Gasteiger partial charge >= 0.3 is 0 Å². The molecule has 5 heteroatoms. The highest BCUT2D eigenvalue weighted by Crippen LogP contribution is 2.24. The Morgan fingerprint density at radius 1 is 1.14 bits per heavy atom. The van der Waals surface area contributed by atoms with Gasteiger partial charge in [-0.1, -0.05) is 35.5 Å². The summed E-state index contributed by atoms with van der Waals surface area (Å²) in [6.07, 6.45) is 0. The number of aromatic hydroxyl groups is 1. The Bertz CT molecular complexity index is 824. The highest BCUT2D eigenvalue weighted by molar-refractivity contribution is 6.03. The third-order valence-electron chi connectivity index (χ3n) is 3.27. The van der Waals surface area contributed by atoms with Crippen LogP contribution < -0.4 is 5.32 Å². The van der Waals surface area contributed by atoms with E-state index in [0.717, 1.165) is 11.3 Å². The maximum absolute atomic E-state index is 12.2. The first-order valence-electron chi connectivity index (χ1n) is 6.76. The van der Waals surface area contributed by atoms with E-state index in [9.17, 15) is 9.90 Å². The van der Waals surface area contributed by atoms with E-state index in [1.165, 1.54) is 0 Å². The molecule has 0 bridgehead atoms. The van der Waals surface area contributed by atoms with E-state index >= 15 is 0 Å². The molecule has 3 aromatic rings. The molecule has 0 unspecified atom stereocenters. The summed E-state index contributed by atoms with van der Waals surface area (Å²) in [5, 5.41) is 16.0. The predicted molar refractivity (Wildman–Crippen MR) is 82.7 cm³/mol. The molecular weight excluding hydrogens is 280 g/mol. The minimum absolute atomic E-state index is 0.125. The number of nitrogens with one attached hydrogen (secondary N) is 1. The fourth-order valence-corrected chi connectivity index (χ4v) is 2.08. The van der Waals surface area contributed by atoms with Gasteiger partial charge in [0, 0.05) is 17.3 Å². The summed E-state index contributed by atoms with van der Waals surface area (Å²) in [5.41, 5.74) is 2.53. The van der Waals surface area contributed by atoms with Crippen LogP contribution in [0.3, 0.4) is 0 Å². The number of hydrogen-bond donors (Lipinski definition) is 2. The monoisotopic (exact) mass is 294 g/mol. The van der Waals surface area contributed by atoms with E-state index in [1.807, 2.05) is 31.2 Å². The highest BCUT2D eigenvalue weighted by atomic mass is 16.5. The zero-order valence-corrected chi connectivity index (χ0v) is 11.9. The van der Waals surface area contributed by atoms with Crippen molar-refractivity contribution >= 4 is 11.6 Å². The van der Waals surface area contributed by atoms with Crippen LogP contribution in [-0.4, -0.2) is 16.2 Å². The van der Waals surface area contributed by atoms with Crippen molar-refractivity contribution in [2.24, 2.45) is 0 Å². The van der Waals surface area contributed by atoms with Crippen molar-refractivity contribution in [3.63, 3.8) is 0 Å². The van der Waals surface area contributed by atoms with Crippen molar-refractivity contribution < 1.29 is 14.4 Å². The van der Waals surface area contributed by atoms with Crippen molar-refractivity contribution in [2.45, 2.75) is 6.92 Å². The summed E-state index contributed by atoms with van der Waals surface area (Å²) in [6, 6.07) is 15.6. The van der Waals surface area contributed by atoms with E-state index in [2.05, 4.69) is 10.5 Å². The Morgan fingerprint density at radius 2 is 1.95 bits per heavy atom. The lowest BCUT2D eigenvalue weighted by Crippen LogP contribution is -2.12. The predicted octanol–water partition coefficient (Wildman–Crippen LogP) is 3.61. The number of nitrogens with zero attached hydrogens (tertiary/aromatic N) is 1. The topological polar surface area (TPSA) is 75.4 Å². The quantitative estimate of drug-likeness (QED) is 0.773. The molecule has 0 saturated carbocycles. The van der Waals surface area contributed by atoms with Gasteiger partial charge in [-0.05, 0) is 30.7 Å². The Labute approximate surface area is 127 Å². The van der Waals surface area contributed by atoms with Gasteiger partial charge < -0.3 is 14.9 Å². The van der Waals surface area contributed by atoms with Crippen LogP contribution in [-0.2, 0) is 0 Å². The van der Waals surface area contributed by atoms with Crippen LogP contribution in [0.4, 0.5) is 5.69 Å². The average Bonchev–Trinajstić information content (AvgIpc) is 2.99. The van der Waals surface area contributed by atoms with Crippen LogP contribution in [0.25, 0.3) is 11.3 Å². The molecular formula is C17H14N2O3. The fraction of sp³-hybridized carbons (Fsp3) is 0.0588. The minimum atomic E-state index is -0.343. The normalized spacial score (nSPS) is 10.4. The lowest BCUT2D eigenvalue weighted by atomic mass is 10.1. The summed E-state index contributed by atoms with van der Waals surface area (Å²) < 4.78 is 5.17. The van der Waals surface area contributed by atoms with Crippen molar-refractivity contribution in [3.8, 4) is 17.1 Å². The second-order valence-electron chi connectivity index (χ2n) is 4.90. The smallest absolute Gasteiger partial charge is 0.277 e. The lowest BCUT2D eigenvalue weighted by molar-refractivity contribution is 0.101. The van der Waals surface area contributed by atoms with Crippen LogP contribution in [0.2, 0.25) is 0 Å². The van der Waals surface area contributed by atoms with Crippen LogP contribution in [0.1, 0.15) is 16.1 Å². The summed E-state index contributed by atoms with van der Waals surface area (Å²) in [4.78, 5) is 12.2. The first-order chi connectivity index (χ1) is 10.6. The molecule has 3 rings (SSSR count).